The molecule has 6 heteroatoms. The Morgan fingerprint density at radius 3 is 2.12 bits per heavy atom. The largest absolute Gasteiger partial charge is 0.480 e. The molecule has 0 aromatic heterocycles. The highest BCUT2D eigenvalue weighted by Crippen LogP contribution is 1.90. The number of rotatable bonds is 8. The molecule has 0 rings (SSSR count). The van der Waals surface area contributed by atoms with Gasteiger partial charge in [0.2, 0.25) is 11.8 Å². The molecular weight excluding hydrogens is 212 g/mol. The number of aliphatic carboxylic acids is 1. The number of unbranched alkanes of at least 4 members (excludes halogenated alkanes) is 1. The van der Waals surface area contributed by atoms with Gasteiger partial charge >= 0.3 is 5.97 Å². The molecule has 0 spiro atoms. The number of amides is 2. The molecule has 0 atom stereocenters. The lowest BCUT2D eigenvalue weighted by atomic mass is 10.2. The SMILES string of the molecule is CCCCNC(=O)CCC(=O)NCC(=O)O. The van der Waals surface area contributed by atoms with Crippen LogP contribution in [0.3, 0.4) is 0 Å². The van der Waals surface area contributed by atoms with Crippen molar-refractivity contribution in [3.63, 3.8) is 0 Å². The Bertz CT molecular complexity index is 253. The Labute approximate surface area is 94.4 Å². The van der Waals surface area contributed by atoms with E-state index in [0.29, 0.717) is 6.54 Å². The van der Waals surface area contributed by atoms with E-state index in [-0.39, 0.29) is 18.7 Å². The summed E-state index contributed by atoms with van der Waals surface area (Å²) < 4.78 is 0. The maximum absolute atomic E-state index is 11.2. The molecular formula is C10H18N2O4. The molecule has 92 valence electrons. The number of nitrogens with one attached hydrogen (secondary N) is 2. The quantitative estimate of drug-likeness (QED) is 0.507. The van der Waals surface area contributed by atoms with E-state index < -0.39 is 18.4 Å². The van der Waals surface area contributed by atoms with Crippen molar-refractivity contribution in [3.8, 4) is 0 Å². The van der Waals surface area contributed by atoms with Gasteiger partial charge in [0.05, 0.1) is 0 Å². The molecule has 0 heterocycles. The first-order valence-electron chi connectivity index (χ1n) is 5.31. The first-order valence-corrected chi connectivity index (χ1v) is 5.31. The van der Waals surface area contributed by atoms with Crippen molar-refractivity contribution in [2.75, 3.05) is 13.1 Å². The van der Waals surface area contributed by atoms with Crippen LogP contribution in [0.2, 0.25) is 0 Å². The van der Waals surface area contributed by atoms with E-state index in [1.165, 1.54) is 0 Å². The minimum absolute atomic E-state index is 0.0191. The van der Waals surface area contributed by atoms with Crippen molar-refractivity contribution >= 4 is 17.8 Å². The minimum atomic E-state index is -1.10. The molecule has 2 amide bonds. The fourth-order valence-electron chi connectivity index (χ4n) is 0.983. The van der Waals surface area contributed by atoms with E-state index in [4.69, 9.17) is 5.11 Å². The number of carboxylic acid groups (broad SMARTS) is 1. The first kappa shape index (κ1) is 14.4. The van der Waals surface area contributed by atoms with Gasteiger partial charge < -0.3 is 15.7 Å². The summed E-state index contributed by atoms with van der Waals surface area (Å²) in [5.74, 6) is -1.70. The molecule has 0 saturated carbocycles. The molecule has 6 nitrogen and oxygen atoms in total. The summed E-state index contributed by atoms with van der Waals surface area (Å²) in [4.78, 5) is 32.3. The highest BCUT2D eigenvalue weighted by atomic mass is 16.4. The fourth-order valence-corrected chi connectivity index (χ4v) is 0.983. The summed E-state index contributed by atoms with van der Waals surface area (Å²) in [6.45, 7) is 2.23. The van der Waals surface area contributed by atoms with Gasteiger partial charge in [0, 0.05) is 19.4 Å². The molecule has 0 aliphatic carbocycles. The molecule has 0 aromatic carbocycles. The number of carbonyl (C=O) groups excluding carboxylic acids is 2. The molecule has 0 aliphatic heterocycles. The predicted octanol–water partition coefficient (Wildman–Crippen LogP) is -0.116. The van der Waals surface area contributed by atoms with Crippen molar-refractivity contribution in [3.05, 3.63) is 0 Å². The monoisotopic (exact) mass is 230 g/mol. The molecule has 0 unspecified atom stereocenters. The maximum Gasteiger partial charge on any atom is 0.322 e. The zero-order valence-electron chi connectivity index (χ0n) is 9.41. The lowest BCUT2D eigenvalue weighted by Gasteiger charge is -2.04. The predicted molar refractivity (Wildman–Crippen MR) is 57.8 cm³/mol. The van der Waals surface area contributed by atoms with Crippen molar-refractivity contribution in [1.29, 1.82) is 0 Å². The first-order chi connectivity index (χ1) is 7.56. The number of carboxylic acids is 1. The normalized spacial score (nSPS) is 9.56. The van der Waals surface area contributed by atoms with Crippen LogP contribution in [0.25, 0.3) is 0 Å². The zero-order valence-corrected chi connectivity index (χ0v) is 9.41. The van der Waals surface area contributed by atoms with Crippen LogP contribution in [-0.2, 0) is 14.4 Å². The van der Waals surface area contributed by atoms with Crippen LogP contribution in [0.4, 0.5) is 0 Å². The molecule has 0 fully saturated rings. The Balaban J connectivity index is 3.51. The van der Waals surface area contributed by atoms with Crippen LogP contribution in [0, 0.1) is 0 Å². The minimum Gasteiger partial charge on any atom is -0.480 e. The van der Waals surface area contributed by atoms with Crippen molar-refractivity contribution in [2.24, 2.45) is 0 Å². The van der Waals surface area contributed by atoms with E-state index >= 15 is 0 Å². The molecule has 3 N–H and O–H groups in total. The lowest BCUT2D eigenvalue weighted by Crippen LogP contribution is -2.31. The second-order valence-corrected chi connectivity index (χ2v) is 3.37. The summed E-state index contributed by atoms with van der Waals surface area (Å²) in [7, 11) is 0. The van der Waals surface area contributed by atoms with Gasteiger partial charge in [-0.3, -0.25) is 14.4 Å². The number of carbonyl (C=O) groups is 3. The van der Waals surface area contributed by atoms with Crippen LogP contribution in [0.1, 0.15) is 32.6 Å². The van der Waals surface area contributed by atoms with Gasteiger partial charge in [-0.15, -0.1) is 0 Å². The Hall–Kier alpha value is -1.59. The van der Waals surface area contributed by atoms with E-state index in [0.717, 1.165) is 12.8 Å². The molecule has 16 heavy (non-hydrogen) atoms. The van der Waals surface area contributed by atoms with Gasteiger partial charge in [0.15, 0.2) is 0 Å². The van der Waals surface area contributed by atoms with Gasteiger partial charge in [0.25, 0.3) is 0 Å². The third-order valence-corrected chi connectivity index (χ3v) is 1.87. The highest BCUT2D eigenvalue weighted by Gasteiger charge is 2.07. The average Bonchev–Trinajstić information content (AvgIpc) is 2.24. The summed E-state index contributed by atoms with van der Waals surface area (Å²) in [5, 5.41) is 13.1. The van der Waals surface area contributed by atoms with Gasteiger partial charge in [-0.05, 0) is 6.42 Å². The van der Waals surface area contributed by atoms with Crippen molar-refractivity contribution in [2.45, 2.75) is 32.6 Å². The summed E-state index contributed by atoms with van der Waals surface area (Å²) in [5.41, 5.74) is 0. The summed E-state index contributed by atoms with van der Waals surface area (Å²) >= 11 is 0. The second-order valence-electron chi connectivity index (χ2n) is 3.37. The van der Waals surface area contributed by atoms with Gasteiger partial charge in [-0.25, -0.2) is 0 Å². The van der Waals surface area contributed by atoms with Gasteiger partial charge in [-0.2, -0.15) is 0 Å². The average molecular weight is 230 g/mol. The van der Waals surface area contributed by atoms with E-state index in [2.05, 4.69) is 10.6 Å². The summed E-state index contributed by atoms with van der Waals surface area (Å²) in [6.07, 6.45) is 2.02. The molecule has 0 radical (unpaired) electrons. The molecule has 0 bridgehead atoms. The molecule has 0 saturated heterocycles. The van der Waals surface area contributed by atoms with Crippen molar-refractivity contribution in [1.82, 2.24) is 10.6 Å². The van der Waals surface area contributed by atoms with Crippen LogP contribution < -0.4 is 10.6 Å². The fraction of sp³-hybridized carbons (Fsp3) is 0.700. The van der Waals surface area contributed by atoms with Crippen LogP contribution in [0.5, 0.6) is 0 Å². The van der Waals surface area contributed by atoms with E-state index in [1.807, 2.05) is 6.92 Å². The molecule has 0 aliphatic rings. The smallest absolute Gasteiger partial charge is 0.322 e. The topological polar surface area (TPSA) is 95.5 Å². The third-order valence-electron chi connectivity index (χ3n) is 1.87. The third kappa shape index (κ3) is 8.98. The highest BCUT2D eigenvalue weighted by molar-refractivity contribution is 5.85. The number of hydrogen-bond acceptors (Lipinski definition) is 3. The zero-order chi connectivity index (χ0) is 12.4. The van der Waals surface area contributed by atoms with Crippen LogP contribution >= 0.6 is 0 Å². The standard InChI is InChI=1S/C10H18N2O4/c1-2-3-6-11-8(13)4-5-9(14)12-7-10(15)16/h2-7H2,1H3,(H,11,13)(H,12,14)(H,15,16). The Morgan fingerprint density at radius 2 is 1.62 bits per heavy atom. The molecule has 0 aromatic rings. The Morgan fingerprint density at radius 1 is 1.06 bits per heavy atom. The van der Waals surface area contributed by atoms with Crippen molar-refractivity contribution < 1.29 is 19.5 Å². The van der Waals surface area contributed by atoms with Gasteiger partial charge in [-0.1, -0.05) is 13.3 Å². The van der Waals surface area contributed by atoms with Crippen LogP contribution in [-0.4, -0.2) is 36.0 Å². The lowest BCUT2D eigenvalue weighted by molar-refractivity contribution is -0.138. The summed E-state index contributed by atoms with van der Waals surface area (Å²) in [6, 6.07) is 0. The van der Waals surface area contributed by atoms with E-state index in [9.17, 15) is 14.4 Å². The second kappa shape index (κ2) is 8.70. The Kier molecular flexibility index (Phi) is 7.83. The van der Waals surface area contributed by atoms with Gasteiger partial charge in [0.1, 0.15) is 6.54 Å². The van der Waals surface area contributed by atoms with E-state index in [1.54, 1.807) is 0 Å². The maximum atomic E-state index is 11.2. The number of hydrogen-bond donors (Lipinski definition) is 3. The van der Waals surface area contributed by atoms with Crippen LogP contribution in [0.15, 0.2) is 0 Å².